The zero-order valence-corrected chi connectivity index (χ0v) is 17.1. The Morgan fingerprint density at radius 2 is 2.06 bits per heavy atom. The molecule has 9 nitrogen and oxygen atoms in total. The van der Waals surface area contributed by atoms with Gasteiger partial charge in [0, 0.05) is 17.3 Å². The molecule has 1 aliphatic rings. The number of benzene rings is 1. The van der Waals surface area contributed by atoms with Gasteiger partial charge in [-0.3, -0.25) is 9.48 Å². The van der Waals surface area contributed by atoms with Gasteiger partial charge in [0.2, 0.25) is 0 Å². The first kappa shape index (κ1) is 19.8. The summed E-state index contributed by atoms with van der Waals surface area (Å²) >= 11 is 0. The topological polar surface area (TPSA) is 137 Å². The number of rotatable bonds is 4. The van der Waals surface area contributed by atoms with Crippen LogP contribution in [-0.4, -0.2) is 30.8 Å². The van der Waals surface area contributed by atoms with Gasteiger partial charge in [-0.05, 0) is 43.2 Å². The fourth-order valence-electron chi connectivity index (χ4n) is 4.45. The van der Waals surface area contributed by atoms with Crippen LogP contribution in [0.25, 0.3) is 21.8 Å². The van der Waals surface area contributed by atoms with E-state index in [1.807, 2.05) is 16.8 Å². The highest BCUT2D eigenvalue weighted by molar-refractivity contribution is 5.93. The SMILES string of the molecule is N#CC1CCCCC1n1nc(Nc2ccc3nc(C(=O)O)ccc3c2)c2c(=O)[nH]ccc21. The molecule has 3 N–H and O–H groups in total. The van der Waals surface area contributed by atoms with Crippen molar-refractivity contribution in [3.8, 4) is 6.07 Å². The second-order valence-corrected chi connectivity index (χ2v) is 7.98. The Balaban J connectivity index is 1.57. The third kappa shape index (κ3) is 3.36. The summed E-state index contributed by atoms with van der Waals surface area (Å²) in [6.07, 6.45) is 5.30. The number of H-pyrrole nitrogens is 1. The quantitative estimate of drug-likeness (QED) is 0.447. The van der Waals surface area contributed by atoms with Crippen LogP contribution >= 0.6 is 0 Å². The number of carboxylic acid groups (broad SMARTS) is 1. The van der Waals surface area contributed by atoms with E-state index in [2.05, 4.69) is 21.4 Å². The smallest absolute Gasteiger partial charge is 0.354 e. The molecule has 0 amide bonds. The number of pyridine rings is 2. The lowest BCUT2D eigenvalue weighted by Crippen LogP contribution is -2.23. The second-order valence-electron chi connectivity index (χ2n) is 7.98. The van der Waals surface area contributed by atoms with Gasteiger partial charge < -0.3 is 15.4 Å². The van der Waals surface area contributed by atoms with Crippen LogP contribution in [0.15, 0.2) is 47.4 Å². The number of fused-ring (bicyclic) bond motifs is 2. The van der Waals surface area contributed by atoms with Crippen molar-refractivity contribution in [2.24, 2.45) is 5.92 Å². The maximum atomic E-state index is 12.7. The number of aromatic carboxylic acids is 1. The van der Waals surface area contributed by atoms with Gasteiger partial charge in [0.25, 0.3) is 5.56 Å². The fraction of sp³-hybridized carbons (Fsp3) is 0.261. The maximum Gasteiger partial charge on any atom is 0.354 e. The molecule has 4 aromatic rings. The first-order valence-electron chi connectivity index (χ1n) is 10.5. The molecule has 0 spiro atoms. The van der Waals surface area contributed by atoms with E-state index in [-0.39, 0.29) is 23.2 Å². The Bertz CT molecular complexity index is 1450. The standard InChI is InChI=1S/C23H20N6O3/c24-12-14-3-1-2-4-18(14)29-19-9-10-25-22(30)20(19)21(28-29)26-15-6-8-16-13(11-15)5-7-17(27-16)23(31)32/h5-11,14,18H,1-4H2,(H,25,30)(H,26,28)(H,31,32). The van der Waals surface area contributed by atoms with E-state index in [0.29, 0.717) is 27.9 Å². The van der Waals surface area contributed by atoms with Crippen LogP contribution in [0.5, 0.6) is 0 Å². The highest BCUT2D eigenvalue weighted by Crippen LogP contribution is 2.36. The molecule has 1 fully saturated rings. The molecule has 9 heteroatoms. The van der Waals surface area contributed by atoms with Gasteiger partial charge in [-0.2, -0.15) is 10.4 Å². The normalized spacial score (nSPS) is 18.5. The van der Waals surface area contributed by atoms with Gasteiger partial charge in [-0.1, -0.05) is 18.9 Å². The molecule has 2 unspecified atom stereocenters. The lowest BCUT2D eigenvalue weighted by Gasteiger charge is -2.27. The van der Waals surface area contributed by atoms with E-state index >= 15 is 0 Å². The van der Waals surface area contributed by atoms with Crippen LogP contribution in [-0.2, 0) is 0 Å². The van der Waals surface area contributed by atoms with E-state index < -0.39 is 5.97 Å². The van der Waals surface area contributed by atoms with Crippen molar-refractivity contribution in [3.05, 3.63) is 58.6 Å². The highest BCUT2D eigenvalue weighted by Gasteiger charge is 2.29. The van der Waals surface area contributed by atoms with Crippen LogP contribution in [0.1, 0.15) is 42.2 Å². The van der Waals surface area contributed by atoms with Crippen LogP contribution in [0, 0.1) is 17.2 Å². The van der Waals surface area contributed by atoms with Crippen molar-refractivity contribution in [2.75, 3.05) is 5.32 Å². The van der Waals surface area contributed by atoms with Gasteiger partial charge in [0.05, 0.1) is 29.1 Å². The summed E-state index contributed by atoms with van der Waals surface area (Å²) in [6.45, 7) is 0. The largest absolute Gasteiger partial charge is 0.477 e. The Morgan fingerprint density at radius 1 is 1.22 bits per heavy atom. The molecule has 2 atom stereocenters. The van der Waals surface area contributed by atoms with Crippen molar-refractivity contribution in [3.63, 3.8) is 0 Å². The van der Waals surface area contributed by atoms with Gasteiger partial charge in [-0.25, -0.2) is 9.78 Å². The number of aromatic amines is 1. The van der Waals surface area contributed by atoms with Gasteiger partial charge in [-0.15, -0.1) is 0 Å². The van der Waals surface area contributed by atoms with E-state index in [1.165, 1.54) is 6.07 Å². The molecule has 160 valence electrons. The number of carbonyl (C=O) groups is 1. The molecule has 1 saturated carbocycles. The predicted molar refractivity (Wildman–Crippen MR) is 119 cm³/mol. The van der Waals surface area contributed by atoms with Crippen LogP contribution in [0.3, 0.4) is 0 Å². The van der Waals surface area contributed by atoms with Gasteiger partial charge in [0.1, 0.15) is 11.1 Å². The van der Waals surface area contributed by atoms with E-state index in [9.17, 15) is 14.9 Å². The summed E-state index contributed by atoms with van der Waals surface area (Å²) in [4.78, 5) is 30.7. The Labute approximate surface area is 182 Å². The minimum Gasteiger partial charge on any atom is -0.477 e. The number of hydrogen-bond acceptors (Lipinski definition) is 6. The number of aromatic nitrogens is 4. The van der Waals surface area contributed by atoms with Crippen LogP contribution < -0.4 is 10.9 Å². The number of nitrogens with zero attached hydrogens (tertiary/aromatic N) is 4. The maximum absolute atomic E-state index is 12.7. The van der Waals surface area contributed by atoms with E-state index in [1.54, 1.807) is 24.4 Å². The van der Waals surface area contributed by atoms with E-state index in [0.717, 1.165) is 31.1 Å². The Morgan fingerprint density at radius 3 is 2.88 bits per heavy atom. The van der Waals surface area contributed by atoms with Crippen LogP contribution in [0.4, 0.5) is 11.5 Å². The number of nitriles is 1. The molecule has 0 aliphatic heterocycles. The Hall–Kier alpha value is -4.19. The highest BCUT2D eigenvalue weighted by atomic mass is 16.4. The van der Waals surface area contributed by atoms with Crippen molar-refractivity contribution in [2.45, 2.75) is 31.7 Å². The summed E-state index contributed by atoms with van der Waals surface area (Å²) in [5, 5.41) is 27.9. The third-order valence-corrected chi connectivity index (χ3v) is 6.01. The first-order valence-corrected chi connectivity index (χ1v) is 10.5. The summed E-state index contributed by atoms with van der Waals surface area (Å²) in [7, 11) is 0. The minimum absolute atomic E-state index is 0.0194. The van der Waals surface area contributed by atoms with Gasteiger partial charge >= 0.3 is 5.97 Å². The molecular formula is C23H20N6O3. The lowest BCUT2D eigenvalue weighted by atomic mass is 9.85. The number of nitrogens with one attached hydrogen (secondary N) is 2. The molecule has 3 aromatic heterocycles. The zero-order valence-electron chi connectivity index (χ0n) is 17.1. The Kier molecular flexibility index (Phi) is 4.82. The zero-order chi connectivity index (χ0) is 22.2. The van der Waals surface area contributed by atoms with Gasteiger partial charge in [0.15, 0.2) is 5.82 Å². The summed E-state index contributed by atoms with van der Waals surface area (Å²) in [5.74, 6) is -0.809. The molecule has 0 bridgehead atoms. The molecule has 1 aromatic carbocycles. The average Bonchev–Trinajstić information content (AvgIpc) is 3.18. The molecule has 5 rings (SSSR count). The third-order valence-electron chi connectivity index (χ3n) is 6.01. The molecule has 32 heavy (non-hydrogen) atoms. The number of carboxylic acids is 1. The number of anilines is 2. The van der Waals surface area contributed by atoms with Crippen molar-refractivity contribution in [1.29, 1.82) is 5.26 Å². The first-order chi connectivity index (χ1) is 15.5. The average molecular weight is 428 g/mol. The molecule has 0 saturated heterocycles. The summed E-state index contributed by atoms with van der Waals surface area (Å²) in [5.41, 5.74) is 1.67. The van der Waals surface area contributed by atoms with Crippen molar-refractivity contribution < 1.29 is 9.90 Å². The summed E-state index contributed by atoms with van der Waals surface area (Å²) in [6, 6.07) is 12.6. The predicted octanol–water partition coefficient (Wildman–Crippen LogP) is 3.97. The monoisotopic (exact) mass is 428 g/mol. The molecule has 1 aliphatic carbocycles. The molecule has 3 heterocycles. The fourth-order valence-corrected chi connectivity index (χ4v) is 4.45. The van der Waals surface area contributed by atoms with Crippen molar-refractivity contribution in [1.82, 2.24) is 19.7 Å². The number of hydrogen-bond donors (Lipinski definition) is 3. The van der Waals surface area contributed by atoms with Crippen molar-refractivity contribution >= 4 is 39.3 Å². The van der Waals surface area contributed by atoms with E-state index in [4.69, 9.17) is 10.2 Å². The van der Waals surface area contributed by atoms with Crippen LogP contribution in [0.2, 0.25) is 0 Å². The summed E-state index contributed by atoms with van der Waals surface area (Å²) < 4.78 is 1.82. The molecule has 0 radical (unpaired) electrons. The second kappa shape index (κ2) is 7.81. The lowest BCUT2D eigenvalue weighted by molar-refractivity contribution is 0.0691. The molecular weight excluding hydrogens is 408 g/mol. The minimum atomic E-state index is -1.08.